The predicted octanol–water partition coefficient (Wildman–Crippen LogP) is 12.7. The van der Waals surface area contributed by atoms with Gasteiger partial charge in [0.15, 0.2) is 0 Å². The fourth-order valence-electron chi connectivity index (χ4n) is 10.3. The van der Waals surface area contributed by atoms with Crippen molar-refractivity contribution in [3.8, 4) is 17.2 Å². The van der Waals surface area contributed by atoms with Gasteiger partial charge in [-0.05, 0) is 132 Å². The normalized spacial score (nSPS) is 14.4. The summed E-state index contributed by atoms with van der Waals surface area (Å²) in [7, 11) is 0. The molecule has 8 aromatic carbocycles. The molecule has 59 heavy (non-hydrogen) atoms. The number of rotatable bonds is 6. The van der Waals surface area contributed by atoms with Crippen molar-refractivity contribution in [3.05, 3.63) is 194 Å². The van der Waals surface area contributed by atoms with Gasteiger partial charge >= 0.3 is 0 Å². The summed E-state index contributed by atoms with van der Waals surface area (Å²) in [5, 5.41) is 2.37. The number of nitrogens with zero attached hydrogens (tertiary/aromatic N) is 3. The maximum Gasteiger partial charge on any atom is 0.256 e. The third kappa shape index (κ3) is 5.52. The average molecular weight is 760 g/mol. The van der Waals surface area contributed by atoms with Gasteiger partial charge in [0.05, 0.1) is 11.0 Å². The van der Waals surface area contributed by atoms with Crippen LogP contribution in [0.1, 0.15) is 43.6 Å². The Labute approximate surface area is 345 Å². The Kier molecular flexibility index (Phi) is 8.00. The smallest absolute Gasteiger partial charge is 0.256 e. The molecule has 0 spiro atoms. The molecule has 5 heteroatoms. The predicted molar refractivity (Wildman–Crippen MR) is 247 cm³/mol. The van der Waals surface area contributed by atoms with Gasteiger partial charge < -0.3 is 19.1 Å². The van der Waals surface area contributed by atoms with Gasteiger partial charge in [-0.3, -0.25) is 0 Å². The van der Waals surface area contributed by atoms with E-state index >= 15 is 0 Å². The topological polar surface area (TPSA) is 20.6 Å². The van der Waals surface area contributed by atoms with Gasteiger partial charge in [-0.1, -0.05) is 116 Å². The molecule has 1 aromatic heterocycles. The van der Waals surface area contributed by atoms with Gasteiger partial charge in [-0.25, -0.2) is 0 Å². The summed E-state index contributed by atoms with van der Waals surface area (Å²) in [6, 6.07) is 68.8. The van der Waals surface area contributed by atoms with Gasteiger partial charge in [-0.15, -0.1) is 0 Å². The van der Waals surface area contributed by atoms with Crippen molar-refractivity contribution in [2.24, 2.45) is 0 Å². The number of hydrogen-bond acceptors (Lipinski definition) is 3. The van der Waals surface area contributed by atoms with Crippen molar-refractivity contribution in [2.75, 3.05) is 9.80 Å². The van der Waals surface area contributed by atoms with Crippen LogP contribution in [0.25, 0.3) is 27.5 Å². The second-order valence-electron chi connectivity index (χ2n) is 16.3. The van der Waals surface area contributed by atoms with Crippen molar-refractivity contribution in [2.45, 2.75) is 38.0 Å². The molecule has 3 aliphatic rings. The first kappa shape index (κ1) is 34.1. The third-order valence-electron chi connectivity index (χ3n) is 13.0. The summed E-state index contributed by atoms with van der Waals surface area (Å²) >= 11 is 0. The van der Waals surface area contributed by atoms with Crippen LogP contribution in [0.2, 0.25) is 0 Å². The van der Waals surface area contributed by atoms with E-state index in [9.17, 15) is 0 Å². The first-order chi connectivity index (χ1) is 29.3. The Bertz CT molecular complexity index is 3010. The molecule has 0 bridgehead atoms. The summed E-state index contributed by atoms with van der Waals surface area (Å²) in [4.78, 5) is 4.79. The first-order valence-electron chi connectivity index (χ1n) is 21.2. The van der Waals surface area contributed by atoms with E-state index in [0.29, 0.717) is 5.92 Å². The fraction of sp³-hybridized carbons (Fsp3) is 0.111. The fourth-order valence-corrected chi connectivity index (χ4v) is 10.3. The number of aromatic nitrogens is 1. The molecule has 0 atom stereocenters. The molecular weight excluding hydrogens is 717 g/mol. The molecular formula is C54H42BN3O. The third-order valence-corrected chi connectivity index (χ3v) is 13.0. The second-order valence-corrected chi connectivity index (χ2v) is 16.3. The van der Waals surface area contributed by atoms with Crippen LogP contribution in [0.15, 0.2) is 188 Å². The van der Waals surface area contributed by atoms with Crippen molar-refractivity contribution >= 4 is 79.0 Å². The molecule has 2 aliphatic heterocycles. The van der Waals surface area contributed by atoms with Crippen LogP contribution >= 0.6 is 0 Å². The molecule has 12 rings (SSSR count). The highest BCUT2D eigenvalue weighted by atomic mass is 16.5. The molecule has 1 saturated carbocycles. The van der Waals surface area contributed by atoms with E-state index in [1.54, 1.807) is 0 Å². The minimum absolute atomic E-state index is 0.00784. The molecule has 0 amide bonds. The zero-order chi connectivity index (χ0) is 38.9. The number of para-hydroxylation sites is 4. The highest BCUT2D eigenvalue weighted by Crippen LogP contribution is 2.44. The zero-order valence-electron chi connectivity index (χ0n) is 32.8. The number of ether oxygens (including phenoxy) is 1. The van der Waals surface area contributed by atoms with Crippen LogP contribution in [-0.4, -0.2) is 11.3 Å². The monoisotopic (exact) mass is 759 g/mol. The quantitative estimate of drug-likeness (QED) is 0.158. The number of anilines is 6. The lowest BCUT2D eigenvalue weighted by Gasteiger charge is -2.39. The van der Waals surface area contributed by atoms with E-state index in [2.05, 4.69) is 202 Å². The van der Waals surface area contributed by atoms with E-state index in [0.717, 1.165) is 56.7 Å². The van der Waals surface area contributed by atoms with Gasteiger partial charge in [0, 0.05) is 50.6 Å². The Morgan fingerprint density at radius 3 is 1.90 bits per heavy atom. The van der Waals surface area contributed by atoms with Gasteiger partial charge in [-0.2, -0.15) is 0 Å². The standard InChI is InChI=1S/C54H42BN3O/c1-5-16-37(17-6-1)38-28-30-42(31-29-38)56(39-18-7-2-8-19-39)43-32-33-44-45-35-53-47(36-51(45)58(50(44)34-43)41-22-11-4-12-23-41)55-46-24-13-14-25-48(46)57(40-20-9-3-10-21-40)49-26-15-27-52(59-53)54(49)55/h2-4,7-15,18-37H,1,5-6,16-17H2. The summed E-state index contributed by atoms with van der Waals surface area (Å²) in [5.41, 5.74) is 15.5. The van der Waals surface area contributed by atoms with Crippen molar-refractivity contribution < 1.29 is 4.74 Å². The van der Waals surface area contributed by atoms with E-state index in [1.165, 1.54) is 70.5 Å². The van der Waals surface area contributed by atoms with Crippen molar-refractivity contribution in [1.29, 1.82) is 0 Å². The molecule has 4 nitrogen and oxygen atoms in total. The summed E-state index contributed by atoms with van der Waals surface area (Å²) in [6.45, 7) is 0.00784. The maximum absolute atomic E-state index is 6.98. The number of hydrogen-bond donors (Lipinski definition) is 0. The van der Waals surface area contributed by atoms with Crippen LogP contribution in [0, 0.1) is 0 Å². The Morgan fingerprint density at radius 1 is 0.475 bits per heavy atom. The highest BCUT2D eigenvalue weighted by molar-refractivity contribution is 6.99. The van der Waals surface area contributed by atoms with Crippen LogP contribution in [0.5, 0.6) is 11.5 Å². The lowest BCUT2D eigenvalue weighted by molar-refractivity contribution is 0.443. The van der Waals surface area contributed by atoms with E-state index in [4.69, 9.17) is 4.74 Å². The van der Waals surface area contributed by atoms with Crippen molar-refractivity contribution in [3.63, 3.8) is 0 Å². The molecule has 1 fully saturated rings. The molecule has 282 valence electrons. The largest absolute Gasteiger partial charge is 0.458 e. The lowest BCUT2D eigenvalue weighted by atomic mass is 9.34. The van der Waals surface area contributed by atoms with Gasteiger partial charge in [0.1, 0.15) is 11.5 Å². The summed E-state index contributed by atoms with van der Waals surface area (Å²) < 4.78 is 9.44. The lowest BCUT2D eigenvalue weighted by Crippen LogP contribution is -2.59. The highest BCUT2D eigenvalue weighted by Gasteiger charge is 2.42. The Balaban J connectivity index is 1.06. The molecule has 0 saturated heterocycles. The Hall–Kier alpha value is -6.98. The molecule has 9 aromatic rings. The van der Waals surface area contributed by atoms with Gasteiger partial charge in [0.2, 0.25) is 0 Å². The average Bonchev–Trinajstić information content (AvgIpc) is 3.62. The molecule has 0 radical (unpaired) electrons. The molecule has 1 aliphatic carbocycles. The van der Waals surface area contributed by atoms with E-state index in [-0.39, 0.29) is 6.71 Å². The minimum Gasteiger partial charge on any atom is -0.458 e. The van der Waals surface area contributed by atoms with Crippen LogP contribution < -0.4 is 30.9 Å². The number of benzene rings is 8. The molecule has 3 heterocycles. The summed E-state index contributed by atoms with van der Waals surface area (Å²) in [6.07, 6.45) is 6.63. The van der Waals surface area contributed by atoms with E-state index in [1.807, 2.05) is 0 Å². The van der Waals surface area contributed by atoms with Crippen LogP contribution in [0.3, 0.4) is 0 Å². The second kappa shape index (κ2) is 13.8. The number of fused-ring (bicyclic) bond motifs is 7. The van der Waals surface area contributed by atoms with Crippen LogP contribution in [-0.2, 0) is 0 Å². The zero-order valence-corrected chi connectivity index (χ0v) is 32.8. The van der Waals surface area contributed by atoms with Crippen molar-refractivity contribution in [1.82, 2.24) is 4.57 Å². The summed E-state index contributed by atoms with van der Waals surface area (Å²) in [5.74, 6) is 2.49. The molecule has 0 N–H and O–H groups in total. The first-order valence-corrected chi connectivity index (χ1v) is 21.2. The van der Waals surface area contributed by atoms with E-state index < -0.39 is 0 Å². The SMILES string of the molecule is c1ccc(N(c2ccc(C3CCCCC3)cc2)c2ccc3c4cc5c(cc4n(-c4ccccc4)c3c2)B2c3ccccc3N(c3ccccc3)c3cccc(c32)O5)cc1. The minimum atomic E-state index is 0.00784. The molecule has 0 unspecified atom stereocenters. The maximum atomic E-state index is 6.98. The Morgan fingerprint density at radius 2 is 1.12 bits per heavy atom. The van der Waals surface area contributed by atoms with Crippen LogP contribution in [0.4, 0.5) is 34.1 Å². The van der Waals surface area contributed by atoms with Gasteiger partial charge in [0.25, 0.3) is 6.71 Å².